The van der Waals surface area contributed by atoms with E-state index in [2.05, 4.69) is 19.5 Å². The van der Waals surface area contributed by atoms with Crippen molar-refractivity contribution in [1.29, 1.82) is 0 Å². The Morgan fingerprint density at radius 3 is 2.15 bits per heavy atom. The number of likely N-dealkylation sites (tertiary alicyclic amines) is 2. The van der Waals surface area contributed by atoms with E-state index >= 15 is 0 Å². The lowest BCUT2D eigenvalue weighted by Crippen LogP contribution is -2.36. The highest BCUT2D eigenvalue weighted by Gasteiger charge is 2.34. The fraction of sp³-hybridized carbons (Fsp3) is 0.905. The molecule has 2 saturated heterocycles. The van der Waals surface area contributed by atoms with Gasteiger partial charge in [-0.05, 0) is 83.5 Å². The maximum absolute atomic E-state index is 4.74. The van der Waals surface area contributed by atoms with E-state index in [0.29, 0.717) is 12.0 Å². The predicted octanol–water partition coefficient (Wildman–Crippen LogP) is 3.58. The van der Waals surface area contributed by atoms with E-state index in [1.165, 1.54) is 109 Å². The lowest BCUT2D eigenvalue weighted by Gasteiger charge is -2.33. The quantitative estimate of drug-likeness (QED) is 0.780. The molecule has 0 N–H and O–H groups in total. The first-order valence-corrected chi connectivity index (χ1v) is 11.2. The van der Waals surface area contributed by atoms with Crippen molar-refractivity contribution in [2.45, 2.75) is 82.7 Å². The average molecular weight is 358 g/mol. The van der Waals surface area contributed by atoms with Gasteiger partial charge < -0.3 is 9.47 Å². The van der Waals surface area contributed by atoms with Gasteiger partial charge in [0.25, 0.3) is 0 Å². The van der Waals surface area contributed by atoms with Gasteiger partial charge in [-0.3, -0.25) is 4.90 Å². The summed E-state index contributed by atoms with van der Waals surface area (Å²) < 4.78 is 2.57. The third-order valence-electron chi connectivity index (χ3n) is 7.21. The summed E-state index contributed by atoms with van der Waals surface area (Å²) in [5.41, 5.74) is 0. The van der Waals surface area contributed by atoms with E-state index in [4.69, 9.17) is 5.10 Å². The molecule has 0 bridgehead atoms. The zero-order chi connectivity index (χ0) is 17.3. The zero-order valence-electron chi connectivity index (χ0n) is 16.3. The minimum absolute atomic E-state index is 0.634. The van der Waals surface area contributed by atoms with Gasteiger partial charge in [0.05, 0.1) is 6.54 Å². The Morgan fingerprint density at radius 2 is 1.46 bits per heavy atom. The fourth-order valence-corrected chi connectivity index (χ4v) is 5.53. The van der Waals surface area contributed by atoms with Crippen LogP contribution in [0.2, 0.25) is 0 Å². The van der Waals surface area contributed by atoms with E-state index in [1.54, 1.807) is 0 Å². The van der Waals surface area contributed by atoms with Crippen LogP contribution >= 0.6 is 0 Å². The van der Waals surface area contributed by atoms with Crippen LogP contribution in [0.1, 0.15) is 87.8 Å². The normalized spacial score (nSPS) is 26.9. The van der Waals surface area contributed by atoms with Gasteiger partial charge in [-0.25, -0.2) is 0 Å². The lowest BCUT2D eigenvalue weighted by atomic mass is 9.94. The Labute approximate surface area is 158 Å². The smallest absolute Gasteiger partial charge is 0.147 e. The second-order valence-electron chi connectivity index (χ2n) is 9.28. The molecule has 4 fully saturated rings. The molecule has 1 aromatic rings. The fourth-order valence-electron chi connectivity index (χ4n) is 5.53. The summed E-state index contributed by atoms with van der Waals surface area (Å²) in [4.78, 5) is 5.30. The van der Waals surface area contributed by atoms with Gasteiger partial charge in [0, 0.05) is 18.5 Å². The Bertz CT molecular complexity index is 588. The van der Waals surface area contributed by atoms with Crippen molar-refractivity contribution in [2.24, 2.45) is 5.92 Å². The molecule has 144 valence electrons. The number of piperidine rings is 1. The predicted molar refractivity (Wildman–Crippen MR) is 103 cm³/mol. The molecule has 0 unspecified atom stereocenters. The van der Waals surface area contributed by atoms with E-state index in [9.17, 15) is 0 Å². The third-order valence-corrected chi connectivity index (χ3v) is 7.21. The molecule has 5 heteroatoms. The molecule has 0 radical (unpaired) electrons. The number of aromatic nitrogens is 3. The van der Waals surface area contributed by atoms with Crippen molar-refractivity contribution in [3.05, 3.63) is 11.6 Å². The molecule has 4 aliphatic rings. The molecule has 2 aliphatic carbocycles. The highest BCUT2D eigenvalue weighted by molar-refractivity contribution is 5.09. The van der Waals surface area contributed by atoms with Crippen molar-refractivity contribution < 1.29 is 0 Å². The Kier molecular flexibility index (Phi) is 5.01. The van der Waals surface area contributed by atoms with Crippen LogP contribution < -0.4 is 0 Å². The van der Waals surface area contributed by atoms with Crippen LogP contribution in [-0.4, -0.2) is 57.3 Å². The minimum atomic E-state index is 0.634. The largest absolute Gasteiger partial charge is 0.311 e. The topological polar surface area (TPSA) is 37.2 Å². The summed E-state index contributed by atoms with van der Waals surface area (Å²) in [6.07, 6.45) is 13.8. The lowest BCUT2D eigenvalue weighted by molar-refractivity contribution is 0.179. The monoisotopic (exact) mass is 357 g/mol. The molecule has 3 heterocycles. The zero-order valence-corrected chi connectivity index (χ0v) is 16.3. The molecular weight excluding hydrogens is 322 g/mol. The van der Waals surface area contributed by atoms with Crippen molar-refractivity contribution in [2.75, 3.05) is 32.7 Å². The molecule has 0 atom stereocenters. The van der Waals surface area contributed by atoms with Gasteiger partial charge in [0.2, 0.25) is 0 Å². The first-order valence-electron chi connectivity index (χ1n) is 11.2. The third kappa shape index (κ3) is 3.70. The summed E-state index contributed by atoms with van der Waals surface area (Å²) in [6.45, 7) is 7.38. The molecule has 5 rings (SSSR count). The van der Waals surface area contributed by atoms with Gasteiger partial charge in [-0.15, -0.1) is 10.2 Å². The van der Waals surface area contributed by atoms with Gasteiger partial charge >= 0.3 is 0 Å². The summed E-state index contributed by atoms with van der Waals surface area (Å²) in [5.74, 6) is 4.18. The maximum Gasteiger partial charge on any atom is 0.147 e. The number of nitrogens with zero attached hydrogens (tertiary/aromatic N) is 5. The van der Waals surface area contributed by atoms with Crippen LogP contribution in [0.5, 0.6) is 0 Å². The standard InChI is InChI=1S/C21H35N5/c1-2-6-17(5-1)15-25-13-9-18(10-14-25)21-23-22-20(26(21)19-7-8-19)16-24-11-3-4-12-24/h17-19H,1-16H2. The van der Waals surface area contributed by atoms with Gasteiger partial charge in [-0.2, -0.15) is 0 Å². The van der Waals surface area contributed by atoms with Crippen LogP contribution in [-0.2, 0) is 6.54 Å². The summed E-state index contributed by atoms with van der Waals surface area (Å²) in [6, 6.07) is 0.703. The van der Waals surface area contributed by atoms with Crippen LogP contribution in [0.3, 0.4) is 0 Å². The molecule has 0 aromatic carbocycles. The molecule has 0 spiro atoms. The van der Waals surface area contributed by atoms with E-state index < -0.39 is 0 Å². The molecule has 0 amide bonds. The first-order chi connectivity index (χ1) is 12.9. The second kappa shape index (κ2) is 7.59. The van der Waals surface area contributed by atoms with Crippen molar-refractivity contribution in [3.63, 3.8) is 0 Å². The molecule has 1 aromatic heterocycles. The van der Waals surface area contributed by atoms with Crippen LogP contribution in [0.15, 0.2) is 0 Å². The molecular formula is C21H35N5. The Hall–Kier alpha value is -0.940. The van der Waals surface area contributed by atoms with Crippen LogP contribution in [0.25, 0.3) is 0 Å². The van der Waals surface area contributed by atoms with Gasteiger partial charge in [0.1, 0.15) is 11.6 Å². The van der Waals surface area contributed by atoms with Gasteiger partial charge in [-0.1, -0.05) is 12.8 Å². The Balaban J connectivity index is 1.23. The highest BCUT2D eigenvalue weighted by atomic mass is 15.3. The van der Waals surface area contributed by atoms with Crippen molar-refractivity contribution in [3.8, 4) is 0 Å². The molecule has 2 aliphatic heterocycles. The molecule has 2 saturated carbocycles. The second-order valence-corrected chi connectivity index (χ2v) is 9.28. The summed E-state index contributed by atoms with van der Waals surface area (Å²) >= 11 is 0. The molecule has 26 heavy (non-hydrogen) atoms. The average Bonchev–Trinajstić information content (AvgIpc) is 3.07. The highest BCUT2D eigenvalue weighted by Crippen LogP contribution is 2.40. The minimum Gasteiger partial charge on any atom is -0.311 e. The van der Waals surface area contributed by atoms with Crippen molar-refractivity contribution in [1.82, 2.24) is 24.6 Å². The van der Waals surface area contributed by atoms with Crippen LogP contribution in [0, 0.1) is 5.92 Å². The summed E-state index contributed by atoms with van der Waals surface area (Å²) in [5, 5.41) is 9.42. The summed E-state index contributed by atoms with van der Waals surface area (Å²) in [7, 11) is 0. The first kappa shape index (κ1) is 17.2. The van der Waals surface area contributed by atoms with Crippen molar-refractivity contribution >= 4 is 0 Å². The van der Waals surface area contributed by atoms with Gasteiger partial charge in [0.15, 0.2) is 0 Å². The molecule has 5 nitrogen and oxygen atoms in total. The number of rotatable bonds is 6. The van der Waals surface area contributed by atoms with E-state index in [1.807, 2.05) is 0 Å². The number of hydrogen-bond donors (Lipinski definition) is 0. The Morgan fingerprint density at radius 1 is 0.731 bits per heavy atom. The number of hydrogen-bond acceptors (Lipinski definition) is 4. The SMILES string of the molecule is C1CCC(CN2CCC(c3nnc(CN4CCCC4)n3C3CC3)CC2)C1. The van der Waals surface area contributed by atoms with Crippen LogP contribution in [0.4, 0.5) is 0 Å². The van der Waals surface area contributed by atoms with E-state index in [0.717, 1.165) is 12.5 Å². The van der Waals surface area contributed by atoms with E-state index in [-0.39, 0.29) is 0 Å². The maximum atomic E-state index is 4.74.